The van der Waals surface area contributed by atoms with Gasteiger partial charge in [-0.2, -0.15) is 0 Å². The lowest BCUT2D eigenvalue weighted by molar-refractivity contribution is 0.646. The average molecular weight is 197 g/mol. The molecule has 1 aliphatic rings. The molecular formula is C10H13ClN2. The van der Waals surface area contributed by atoms with Gasteiger partial charge in [0.25, 0.3) is 0 Å². The molecule has 1 saturated heterocycles. The maximum Gasteiger partial charge on any atom is 0.129 e. The SMILES string of the molecule is Cc1cc([C@H]2CCCN2)cc(Cl)n1. The second-order valence-electron chi connectivity index (χ2n) is 3.51. The monoisotopic (exact) mass is 196 g/mol. The van der Waals surface area contributed by atoms with E-state index in [9.17, 15) is 0 Å². The smallest absolute Gasteiger partial charge is 0.129 e. The van der Waals surface area contributed by atoms with Gasteiger partial charge in [0.05, 0.1) is 0 Å². The zero-order valence-electron chi connectivity index (χ0n) is 7.68. The van der Waals surface area contributed by atoms with E-state index in [2.05, 4.69) is 16.4 Å². The van der Waals surface area contributed by atoms with Gasteiger partial charge in [0.15, 0.2) is 0 Å². The molecule has 1 N–H and O–H groups in total. The predicted molar refractivity (Wildman–Crippen MR) is 54.0 cm³/mol. The summed E-state index contributed by atoms with van der Waals surface area (Å²) in [5, 5.41) is 4.04. The molecule has 0 saturated carbocycles. The summed E-state index contributed by atoms with van der Waals surface area (Å²) in [6.07, 6.45) is 2.46. The first-order valence-electron chi connectivity index (χ1n) is 4.63. The third-order valence-electron chi connectivity index (χ3n) is 2.41. The number of hydrogen-bond donors (Lipinski definition) is 1. The van der Waals surface area contributed by atoms with Crippen molar-refractivity contribution in [1.82, 2.24) is 10.3 Å². The molecular weight excluding hydrogens is 184 g/mol. The highest BCUT2D eigenvalue weighted by molar-refractivity contribution is 6.29. The van der Waals surface area contributed by atoms with Crippen molar-refractivity contribution in [3.63, 3.8) is 0 Å². The van der Waals surface area contributed by atoms with Crippen LogP contribution in [-0.4, -0.2) is 11.5 Å². The Hall–Kier alpha value is -0.600. The zero-order chi connectivity index (χ0) is 9.26. The summed E-state index contributed by atoms with van der Waals surface area (Å²) in [4.78, 5) is 4.14. The summed E-state index contributed by atoms with van der Waals surface area (Å²) in [7, 11) is 0. The van der Waals surface area contributed by atoms with E-state index in [4.69, 9.17) is 11.6 Å². The number of pyridine rings is 1. The van der Waals surface area contributed by atoms with Crippen molar-refractivity contribution in [3.8, 4) is 0 Å². The van der Waals surface area contributed by atoms with Gasteiger partial charge in [-0.1, -0.05) is 11.6 Å². The van der Waals surface area contributed by atoms with Crippen molar-refractivity contribution >= 4 is 11.6 Å². The molecule has 13 heavy (non-hydrogen) atoms. The molecule has 2 rings (SSSR count). The lowest BCUT2D eigenvalue weighted by atomic mass is 10.1. The van der Waals surface area contributed by atoms with Crippen LogP contribution < -0.4 is 5.32 Å². The van der Waals surface area contributed by atoms with Gasteiger partial charge < -0.3 is 5.32 Å². The quantitative estimate of drug-likeness (QED) is 0.699. The van der Waals surface area contributed by atoms with Gasteiger partial charge in [0, 0.05) is 11.7 Å². The normalized spacial score (nSPS) is 22.2. The third-order valence-corrected chi connectivity index (χ3v) is 2.60. The minimum absolute atomic E-state index is 0.485. The lowest BCUT2D eigenvalue weighted by Gasteiger charge is -2.11. The van der Waals surface area contributed by atoms with Crippen LogP contribution in [0.1, 0.15) is 30.1 Å². The molecule has 1 fully saturated rings. The Morgan fingerprint density at radius 1 is 1.54 bits per heavy atom. The first-order valence-corrected chi connectivity index (χ1v) is 5.01. The molecule has 2 nitrogen and oxygen atoms in total. The van der Waals surface area contributed by atoms with Crippen LogP contribution in [0.5, 0.6) is 0 Å². The van der Waals surface area contributed by atoms with E-state index in [0.717, 1.165) is 12.2 Å². The molecule has 3 heteroatoms. The van der Waals surface area contributed by atoms with Crippen LogP contribution in [0.4, 0.5) is 0 Å². The molecule has 1 aromatic rings. The fourth-order valence-electron chi connectivity index (χ4n) is 1.82. The molecule has 1 aromatic heterocycles. The van der Waals surface area contributed by atoms with Gasteiger partial charge in [0.1, 0.15) is 5.15 Å². The molecule has 0 spiro atoms. The molecule has 0 bridgehead atoms. The van der Waals surface area contributed by atoms with Crippen LogP contribution in [0.25, 0.3) is 0 Å². The minimum Gasteiger partial charge on any atom is -0.310 e. The Bertz CT molecular complexity index is 286. The van der Waals surface area contributed by atoms with E-state index < -0.39 is 0 Å². The number of nitrogens with zero attached hydrogens (tertiary/aromatic N) is 1. The molecule has 70 valence electrons. The number of hydrogen-bond acceptors (Lipinski definition) is 2. The van der Waals surface area contributed by atoms with Crippen molar-refractivity contribution in [2.45, 2.75) is 25.8 Å². The molecule has 0 amide bonds. The van der Waals surface area contributed by atoms with E-state index in [-0.39, 0.29) is 0 Å². The van der Waals surface area contributed by atoms with E-state index in [1.807, 2.05) is 13.0 Å². The van der Waals surface area contributed by atoms with Gasteiger partial charge >= 0.3 is 0 Å². The summed E-state index contributed by atoms with van der Waals surface area (Å²) >= 11 is 5.89. The molecule has 2 heterocycles. The maximum atomic E-state index is 5.89. The number of nitrogens with one attached hydrogen (secondary N) is 1. The average Bonchev–Trinajstić information content (AvgIpc) is 2.53. The predicted octanol–water partition coefficient (Wildman–Crippen LogP) is 2.47. The van der Waals surface area contributed by atoms with E-state index >= 15 is 0 Å². The number of halogens is 1. The zero-order valence-corrected chi connectivity index (χ0v) is 8.43. The van der Waals surface area contributed by atoms with Gasteiger partial charge in [-0.15, -0.1) is 0 Å². The fraction of sp³-hybridized carbons (Fsp3) is 0.500. The Morgan fingerprint density at radius 3 is 3.00 bits per heavy atom. The summed E-state index contributed by atoms with van der Waals surface area (Å²) in [6, 6.07) is 4.55. The summed E-state index contributed by atoms with van der Waals surface area (Å²) < 4.78 is 0. The maximum absolute atomic E-state index is 5.89. The number of aromatic nitrogens is 1. The molecule has 1 atom stereocenters. The largest absolute Gasteiger partial charge is 0.310 e. The molecule has 0 unspecified atom stereocenters. The van der Waals surface area contributed by atoms with Crippen molar-refractivity contribution in [1.29, 1.82) is 0 Å². The number of rotatable bonds is 1. The minimum atomic E-state index is 0.485. The van der Waals surface area contributed by atoms with Gasteiger partial charge in [-0.05, 0) is 44.0 Å². The molecule has 0 aliphatic carbocycles. The van der Waals surface area contributed by atoms with Crippen LogP contribution in [0, 0.1) is 6.92 Å². The second kappa shape index (κ2) is 3.64. The summed E-state index contributed by atoms with van der Waals surface area (Å²) in [5.41, 5.74) is 2.27. The Morgan fingerprint density at radius 2 is 2.38 bits per heavy atom. The van der Waals surface area contributed by atoms with Crippen LogP contribution in [0.2, 0.25) is 5.15 Å². The highest BCUT2D eigenvalue weighted by Crippen LogP contribution is 2.24. The van der Waals surface area contributed by atoms with Crippen LogP contribution in [0.15, 0.2) is 12.1 Å². The van der Waals surface area contributed by atoms with E-state index in [1.54, 1.807) is 0 Å². The Kier molecular flexibility index (Phi) is 2.51. The van der Waals surface area contributed by atoms with E-state index in [0.29, 0.717) is 11.2 Å². The second-order valence-corrected chi connectivity index (χ2v) is 3.90. The third kappa shape index (κ3) is 2.01. The van der Waals surface area contributed by atoms with Crippen LogP contribution in [0.3, 0.4) is 0 Å². The number of aryl methyl sites for hydroxylation is 1. The Labute approximate surface area is 83.3 Å². The first kappa shape index (κ1) is 8.97. The molecule has 0 radical (unpaired) electrons. The molecule has 0 aromatic carbocycles. The van der Waals surface area contributed by atoms with Crippen molar-refractivity contribution in [2.24, 2.45) is 0 Å². The summed E-state index contributed by atoms with van der Waals surface area (Å²) in [6.45, 7) is 3.09. The molecule has 1 aliphatic heterocycles. The van der Waals surface area contributed by atoms with Crippen LogP contribution in [-0.2, 0) is 0 Å². The highest BCUT2D eigenvalue weighted by Gasteiger charge is 2.16. The van der Waals surface area contributed by atoms with Gasteiger partial charge in [-0.25, -0.2) is 4.98 Å². The standard InChI is InChI=1S/C10H13ClN2/c1-7-5-8(6-10(11)13-7)9-3-2-4-12-9/h5-6,9,12H,2-4H2,1H3/t9-/m1/s1. The highest BCUT2D eigenvalue weighted by atomic mass is 35.5. The van der Waals surface area contributed by atoms with Crippen LogP contribution >= 0.6 is 11.6 Å². The topological polar surface area (TPSA) is 24.9 Å². The van der Waals surface area contributed by atoms with Crippen molar-refractivity contribution in [3.05, 3.63) is 28.5 Å². The lowest BCUT2D eigenvalue weighted by Crippen LogP contribution is -2.13. The fourth-order valence-corrected chi connectivity index (χ4v) is 2.08. The summed E-state index contributed by atoms with van der Waals surface area (Å²) in [5.74, 6) is 0. The van der Waals surface area contributed by atoms with E-state index in [1.165, 1.54) is 18.4 Å². The van der Waals surface area contributed by atoms with Gasteiger partial charge in [0.2, 0.25) is 0 Å². The first-order chi connectivity index (χ1) is 6.25. The van der Waals surface area contributed by atoms with Crippen molar-refractivity contribution in [2.75, 3.05) is 6.54 Å². The Balaban J connectivity index is 2.28. The van der Waals surface area contributed by atoms with Gasteiger partial charge in [-0.3, -0.25) is 0 Å². The van der Waals surface area contributed by atoms with Crippen molar-refractivity contribution < 1.29 is 0 Å².